The SMILES string of the molecule is C/C=C(/CC)c1nn(-c2ccc(OC)cc2C)c2c1CCC/C2=C\c1ccc(C)cc1.CCC1CCCCC1. The van der Waals surface area contributed by atoms with Gasteiger partial charge in [0.2, 0.25) is 0 Å². The molecule has 0 amide bonds. The van der Waals surface area contributed by atoms with Gasteiger partial charge in [0, 0.05) is 5.56 Å². The number of nitrogens with zero attached hydrogens (tertiary/aromatic N) is 2. The standard InChI is InChI=1S/C28H32N2O.C8H16/c1-6-22(7-2)27-25-10-8-9-23(18-21-13-11-19(3)12-14-21)28(25)30(29-27)26-16-15-24(31-5)17-20(26)4;1-2-8-6-4-3-5-7-8/h6,11-18H,7-10H2,1-5H3;8H,2-7H2,1H3/b22-6-,23-18+;. The first-order valence-electron chi connectivity index (χ1n) is 15.2. The van der Waals surface area contributed by atoms with Crippen molar-refractivity contribution in [2.75, 3.05) is 7.11 Å². The molecular weight excluding hydrogens is 476 g/mol. The van der Waals surface area contributed by atoms with E-state index in [9.17, 15) is 0 Å². The fourth-order valence-electron chi connectivity index (χ4n) is 6.12. The fraction of sp³-hybridized carbons (Fsp3) is 0.472. The van der Waals surface area contributed by atoms with E-state index in [2.05, 4.69) is 87.9 Å². The molecule has 0 unspecified atom stereocenters. The van der Waals surface area contributed by atoms with Gasteiger partial charge in [-0.05, 0) is 98.9 Å². The van der Waals surface area contributed by atoms with Crippen molar-refractivity contribution in [2.24, 2.45) is 5.92 Å². The van der Waals surface area contributed by atoms with Crippen LogP contribution in [0.3, 0.4) is 0 Å². The Labute approximate surface area is 237 Å². The molecule has 5 rings (SSSR count). The molecule has 0 spiro atoms. The van der Waals surface area contributed by atoms with E-state index in [0.29, 0.717) is 0 Å². The zero-order valence-corrected chi connectivity index (χ0v) is 25.1. The monoisotopic (exact) mass is 524 g/mol. The second kappa shape index (κ2) is 13.8. The summed E-state index contributed by atoms with van der Waals surface area (Å²) in [6.45, 7) is 10.9. The molecule has 0 N–H and O–H groups in total. The molecule has 3 aromatic rings. The Morgan fingerprint density at radius 3 is 2.31 bits per heavy atom. The van der Waals surface area contributed by atoms with Gasteiger partial charge in [-0.1, -0.05) is 88.3 Å². The minimum Gasteiger partial charge on any atom is -0.497 e. The fourth-order valence-corrected chi connectivity index (χ4v) is 6.12. The summed E-state index contributed by atoms with van der Waals surface area (Å²) in [6.07, 6.45) is 17.8. The lowest BCUT2D eigenvalue weighted by Crippen LogP contribution is -2.08. The molecule has 0 bridgehead atoms. The van der Waals surface area contributed by atoms with Crippen molar-refractivity contribution >= 4 is 17.2 Å². The lowest BCUT2D eigenvalue weighted by atomic mass is 9.88. The number of hydrogen-bond acceptors (Lipinski definition) is 2. The van der Waals surface area contributed by atoms with E-state index >= 15 is 0 Å². The molecule has 3 nitrogen and oxygen atoms in total. The third-order valence-corrected chi connectivity index (χ3v) is 8.55. The summed E-state index contributed by atoms with van der Waals surface area (Å²) in [5.41, 5.74) is 11.3. The smallest absolute Gasteiger partial charge is 0.119 e. The minimum atomic E-state index is 0.876. The first-order chi connectivity index (χ1) is 19.0. The normalized spacial score (nSPS) is 17.0. The van der Waals surface area contributed by atoms with Gasteiger partial charge in [0.05, 0.1) is 24.2 Å². The third kappa shape index (κ3) is 6.93. The number of hydrogen-bond donors (Lipinski definition) is 0. The van der Waals surface area contributed by atoms with Crippen LogP contribution >= 0.6 is 0 Å². The molecule has 2 aliphatic carbocycles. The predicted octanol–water partition coefficient (Wildman–Crippen LogP) is 10.2. The zero-order valence-electron chi connectivity index (χ0n) is 25.1. The number of methoxy groups -OCH3 is 1. The maximum absolute atomic E-state index is 5.44. The summed E-state index contributed by atoms with van der Waals surface area (Å²) in [6, 6.07) is 15.0. The van der Waals surface area contributed by atoms with Crippen LogP contribution in [0.25, 0.3) is 22.9 Å². The highest BCUT2D eigenvalue weighted by molar-refractivity contribution is 5.85. The van der Waals surface area contributed by atoms with Gasteiger partial charge in [0.1, 0.15) is 5.75 Å². The first kappa shape index (κ1) is 28.9. The highest BCUT2D eigenvalue weighted by Crippen LogP contribution is 2.39. The maximum Gasteiger partial charge on any atom is 0.119 e. The van der Waals surface area contributed by atoms with Crippen molar-refractivity contribution in [1.82, 2.24) is 9.78 Å². The van der Waals surface area contributed by atoms with Crippen molar-refractivity contribution in [3.05, 3.63) is 82.2 Å². The molecule has 3 heteroatoms. The lowest BCUT2D eigenvalue weighted by Gasteiger charge is -2.19. The molecular formula is C36H48N2O. The number of benzene rings is 2. The van der Waals surface area contributed by atoms with E-state index in [1.54, 1.807) is 7.11 Å². The van der Waals surface area contributed by atoms with Crippen molar-refractivity contribution in [3.8, 4) is 11.4 Å². The van der Waals surface area contributed by atoms with Gasteiger partial charge in [0.25, 0.3) is 0 Å². The lowest BCUT2D eigenvalue weighted by molar-refractivity contribution is 0.349. The Bertz CT molecular complexity index is 1290. The maximum atomic E-state index is 5.44. The quantitative estimate of drug-likeness (QED) is 0.321. The van der Waals surface area contributed by atoms with Gasteiger partial charge in [-0.25, -0.2) is 4.68 Å². The van der Waals surface area contributed by atoms with Gasteiger partial charge in [0.15, 0.2) is 0 Å². The second-order valence-electron chi connectivity index (χ2n) is 11.3. The van der Waals surface area contributed by atoms with Gasteiger partial charge in [-0.3, -0.25) is 0 Å². The Morgan fingerprint density at radius 1 is 0.974 bits per heavy atom. The number of aromatic nitrogens is 2. The Balaban J connectivity index is 0.000000379. The summed E-state index contributed by atoms with van der Waals surface area (Å²) in [5, 5.41) is 5.19. The summed E-state index contributed by atoms with van der Waals surface area (Å²) >= 11 is 0. The topological polar surface area (TPSA) is 27.1 Å². The average Bonchev–Trinajstić information content (AvgIpc) is 3.35. The van der Waals surface area contributed by atoms with Crippen LogP contribution in [0.5, 0.6) is 5.75 Å². The van der Waals surface area contributed by atoms with Gasteiger partial charge < -0.3 is 4.74 Å². The zero-order chi connectivity index (χ0) is 27.8. The van der Waals surface area contributed by atoms with Crippen molar-refractivity contribution in [3.63, 3.8) is 0 Å². The van der Waals surface area contributed by atoms with Gasteiger partial charge in [-0.2, -0.15) is 5.10 Å². The third-order valence-electron chi connectivity index (χ3n) is 8.55. The van der Waals surface area contributed by atoms with E-state index < -0.39 is 0 Å². The molecule has 2 aliphatic rings. The first-order valence-corrected chi connectivity index (χ1v) is 15.2. The van der Waals surface area contributed by atoms with Crippen LogP contribution in [0.4, 0.5) is 0 Å². The van der Waals surface area contributed by atoms with Gasteiger partial charge in [-0.15, -0.1) is 0 Å². The van der Waals surface area contributed by atoms with Crippen molar-refractivity contribution in [1.29, 1.82) is 0 Å². The molecule has 0 atom stereocenters. The number of aryl methyl sites for hydroxylation is 2. The van der Waals surface area contributed by atoms with Crippen molar-refractivity contribution < 1.29 is 4.74 Å². The predicted molar refractivity (Wildman–Crippen MR) is 168 cm³/mol. The van der Waals surface area contributed by atoms with Crippen LogP contribution in [0.2, 0.25) is 0 Å². The number of allylic oxidation sites excluding steroid dienone is 3. The molecule has 0 saturated heterocycles. The minimum absolute atomic E-state index is 0.876. The van der Waals surface area contributed by atoms with Crippen LogP contribution in [0.15, 0.2) is 48.5 Å². The average molecular weight is 525 g/mol. The summed E-state index contributed by atoms with van der Waals surface area (Å²) < 4.78 is 7.61. The van der Waals surface area contributed by atoms with Crippen molar-refractivity contribution in [2.45, 2.75) is 98.8 Å². The van der Waals surface area contributed by atoms with E-state index in [1.165, 1.54) is 72.1 Å². The summed E-state index contributed by atoms with van der Waals surface area (Å²) in [7, 11) is 1.71. The van der Waals surface area contributed by atoms with E-state index in [4.69, 9.17) is 9.84 Å². The summed E-state index contributed by atoms with van der Waals surface area (Å²) in [4.78, 5) is 0. The highest BCUT2D eigenvalue weighted by atomic mass is 16.5. The Hall–Kier alpha value is -3.07. The largest absolute Gasteiger partial charge is 0.497 e. The summed E-state index contributed by atoms with van der Waals surface area (Å²) in [5.74, 6) is 1.96. The van der Waals surface area contributed by atoms with Crippen LogP contribution in [-0.4, -0.2) is 16.9 Å². The van der Waals surface area contributed by atoms with Crippen LogP contribution < -0.4 is 4.74 Å². The molecule has 1 saturated carbocycles. The van der Waals surface area contributed by atoms with Crippen LogP contribution in [-0.2, 0) is 6.42 Å². The molecule has 1 fully saturated rings. The molecule has 208 valence electrons. The number of fused-ring (bicyclic) bond motifs is 1. The molecule has 39 heavy (non-hydrogen) atoms. The molecule has 0 aliphatic heterocycles. The Kier molecular flexibility index (Phi) is 10.3. The molecule has 2 aromatic carbocycles. The van der Waals surface area contributed by atoms with E-state index in [-0.39, 0.29) is 0 Å². The Morgan fingerprint density at radius 2 is 1.72 bits per heavy atom. The van der Waals surface area contributed by atoms with Crippen LogP contribution in [0.1, 0.15) is 112 Å². The van der Waals surface area contributed by atoms with Gasteiger partial charge >= 0.3 is 0 Å². The van der Waals surface area contributed by atoms with Crippen LogP contribution in [0, 0.1) is 19.8 Å². The number of rotatable bonds is 6. The number of ether oxygens (including phenoxy) is 1. The molecule has 1 aromatic heterocycles. The van der Waals surface area contributed by atoms with E-state index in [1.807, 2.05) is 6.07 Å². The molecule has 1 heterocycles. The second-order valence-corrected chi connectivity index (χ2v) is 11.3. The molecule has 0 radical (unpaired) electrons. The van der Waals surface area contributed by atoms with E-state index in [0.717, 1.165) is 54.3 Å². The highest BCUT2D eigenvalue weighted by Gasteiger charge is 2.26.